The van der Waals surface area contributed by atoms with E-state index in [1.54, 1.807) is 43.5 Å². The van der Waals surface area contributed by atoms with E-state index >= 15 is 0 Å². The van der Waals surface area contributed by atoms with E-state index in [1.807, 2.05) is 19.1 Å². The summed E-state index contributed by atoms with van der Waals surface area (Å²) in [5.74, 6) is 0.669. The summed E-state index contributed by atoms with van der Waals surface area (Å²) in [7, 11) is 1.57. The number of hydrogen-bond donors (Lipinski definition) is 1. The predicted molar refractivity (Wildman–Crippen MR) is 139 cm³/mol. The second-order valence-electron chi connectivity index (χ2n) is 8.37. The predicted octanol–water partition coefficient (Wildman–Crippen LogP) is 5.56. The molecule has 8 nitrogen and oxygen atoms in total. The minimum atomic E-state index is -4.51. The lowest BCUT2D eigenvalue weighted by Gasteiger charge is -2.10. The topological polar surface area (TPSA) is 87.5 Å². The van der Waals surface area contributed by atoms with Gasteiger partial charge in [-0.25, -0.2) is 4.68 Å². The fraction of sp³-hybridized carbons (Fsp3) is 0.250. The van der Waals surface area contributed by atoms with E-state index in [2.05, 4.69) is 15.4 Å². The van der Waals surface area contributed by atoms with Crippen LogP contribution in [0.3, 0.4) is 0 Å². The van der Waals surface area contributed by atoms with E-state index < -0.39 is 11.7 Å². The van der Waals surface area contributed by atoms with Crippen molar-refractivity contribution in [2.45, 2.75) is 19.5 Å². The third kappa shape index (κ3) is 7.35. The summed E-state index contributed by atoms with van der Waals surface area (Å²) < 4.78 is 57.4. The van der Waals surface area contributed by atoms with Gasteiger partial charge in [0.1, 0.15) is 12.4 Å². The Bertz CT molecular complexity index is 1390. The van der Waals surface area contributed by atoms with Gasteiger partial charge in [-0.15, -0.1) is 5.10 Å². The van der Waals surface area contributed by atoms with Crippen molar-refractivity contribution in [1.29, 1.82) is 0 Å². The molecule has 0 bridgehead atoms. The number of rotatable bonds is 11. The van der Waals surface area contributed by atoms with Crippen LogP contribution in [0.4, 0.5) is 18.9 Å². The number of nitrogens with one attached hydrogen (secondary N) is 1. The number of hydrogen-bond acceptors (Lipinski definition) is 6. The molecule has 3 aromatic carbocycles. The molecule has 0 aliphatic rings. The first kappa shape index (κ1) is 27.6. The first-order valence-electron chi connectivity index (χ1n) is 12.1. The van der Waals surface area contributed by atoms with Gasteiger partial charge in [0, 0.05) is 17.9 Å². The molecule has 1 heterocycles. The van der Waals surface area contributed by atoms with Crippen LogP contribution in [0.5, 0.6) is 11.8 Å². The molecule has 1 aromatic heterocycles. The van der Waals surface area contributed by atoms with Gasteiger partial charge in [-0.3, -0.25) is 4.79 Å². The number of alkyl halides is 3. The Morgan fingerprint density at radius 1 is 1.00 bits per heavy atom. The molecule has 4 rings (SSSR count). The standard InChI is InChI=1S/C28H27F3N4O4/c1-3-38-15-16-39-27-33-26(20-5-4-6-21(18-20)28(29,30)31)35(34-27)23-11-9-22(10-12-23)32-25(36)17-19-7-13-24(37-2)14-8-19/h4-14,18H,3,15-17H2,1-2H3,(H,32,36). The van der Waals surface area contributed by atoms with Gasteiger partial charge in [-0.2, -0.15) is 18.2 Å². The average Bonchev–Trinajstić information content (AvgIpc) is 3.36. The van der Waals surface area contributed by atoms with Gasteiger partial charge in [0.15, 0.2) is 5.82 Å². The Kier molecular flexibility index (Phi) is 8.82. The maximum absolute atomic E-state index is 13.4. The zero-order valence-electron chi connectivity index (χ0n) is 21.4. The van der Waals surface area contributed by atoms with E-state index in [-0.39, 0.29) is 36.3 Å². The molecule has 0 unspecified atom stereocenters. The normalized spacial score (nSPS) is 11.3. The van der Waals surface area contributed by atoms with Crippen LogP contribution in [-0.2, 0) is 22.1 Å². The van der Waals surface area contributed by atoms with Crippen molar-refractivity contribution >= 4 is 11.6 Å². The number of aromatic nitrogens is 3. The van der Waals surface area contributed by atoms with Crippen molar-refractivity contribution in [3.05, 3.63) is 83.9 Å². The Hall–Kier alpha value is -4.38. The van der Waals surface area contributed by atoms with Gasteiger partial charge in [0.05, 0.1) is 31.4 Å². The minimum absolute atomic E-state index is 0.000939. The molecule has 0 spiro atoms. The highest BCUT2D eigenvalue weighted by atomic mass is 19.4. The molecule has 1 amide bonds. The van der Waals surface area contributed by atoms with Crippen molar-refractivity contribution in [2.24, 2.45) is 0 Å². The van der Waals surface area contributed by atoms with Gasteiger partial charge in [0.2, 0.25) is 5.91 Å². The molecule has 0 saturated carbocycles. The van der Waals surface area contributed by atoms with Crippen molar-refractivity contribution in [3.8, 4) is 28.8 Å². The summed E-state index contributed by atoms with van der Waals surface area (Å²) in [5.41, 5.74) is 1.31. The number of anilines is 1. The average molecular weight is 541 g/mol. The highest BCUT2D eigenvalue weighted by molar-refractivity contribution is 5.92. The van der Waals surface area contributed by atoms with E-state index in [0.717, 1.165) is 17.7 Å². The van der Waals surface area contributed by atoms with Crippen molar-refractivity contribution in [3.63, 3.8) is 0 Å². The quantitative estimate of drug-likeness (QED) is 0.251. The highest BCUT2D eigenvalue weighted by Crippen LogP contribution is 2.33. The lowest BCUT2D eigenvalue weighted by atomic mass is 10.1. The molecule has 0 radical (unpaired) electrons. The molecular formula is C28H27F3N4O4. The molecular weight excluding hydrogens is 513 g/mol. The van der Waals surface area contributed by atoms with Crippen LogP contribution in [0.2, 0.25) is 0 Å². The lowest BCUT2D eigenvalue weighted by molar-refractivity contribution is -0.137. The van der Waals surface area contributed by atoms with Gasteiger partial charge >= 0.3 is 12.2 Å². The molecule has 204 valence electrons. The smallest absolute Gasteiger partial charge is 0.416 e. The van der Waals surface area contributed by atoms with Gasteiger partial charge in [-0.1, -0.05) is 24.3 Å². The first-order chi connectivity index (χ1) is 18.8. The molecule has 0 atom stereocenters. The van der Waals surface area contributed by atoms with E-state index in [1.165, 1.54) is 16.8 Å². The molecule has 0 aliphatic heterocycles. The third-order valence-electron chi connectivity index (χ3n) is 5.62. The summed E-state index contributed by atoms with van der Waals surface area (Å²) >= 11 is 0. The summed E-state index contributed by atoms with van der Waals surface area (Å²) in [6.07, 6.45) is -4.33. The van der Waals surface area contributed by atoms with E-state index in [9.17, 15) is 18.0 Å². The van der Waals surface area contributed by atoms with Crippen molar-refractivity contribution in [1.82, 2.24) is 14.8 Å². The molecule has 0 fully saturated rings. The SMILES string of the molecule is CCOCCOc1nc(-c2cccc(C(F)(F)F)c2)n(-c2ccc(NC(=O)Cc3ccc(OC)cc3)cc2)n1. The number of carbonyl (C=O) groups is 1. The zero-order chi connectivity index (χ0) is 27.8. The van der Waals surface area contributed by atoms with E-state index in [4.69, 9.17) is 14.2 Å². The number of ether oxygens (including phenoxy) is 3. The fourth-order valence-electron chi connectivity index (χ4n) is 3.71. The Morgan fingerprint density at radius 2 is 1.74 bits per heavy atom. The number of methoxy groups -OCH3 is 1. The Morgan fingerprint density at radius 3 is 2.41 bits per heavy atom. The van der Waals surface area contributed by atoms with Crippen molar-refractivity contribution < 1.29 is 32.2 Å². The molecule has 4 aromatic rings. The maximum atomic E-state index is 13.4. The fourth-order valence-corrected chi connectivity index (χ4v) is 3.71. The van der Waals surface area contributed by atoms with Gasteiger partial charge in [-0.05, 0) is 61.0 Å². The lowest BCUT2D eigenvalue weighted by Crippen LogP contribution is -2.14. The zero-order valence-corrected chi connectivity index (χ0v) is 21.4. The largest absolute Gasteiger partial charge is 0.497 e. The highest BCUT2D eigenvalue weighted by Gasteiger charge is 2.31. The van der Waals surface area contributed by atoms with Crippen LogP contribution in [0.25, 0.3) is 17.1 Å². The van der Waals surface area contributed by atoms with Crippen LogP contribution >= 0.6 is 0 Å². The number of benzene rings is 3. The number of nitrogens with zero attached hydrogens (tertiary/aromatic N) is 3. The molecule has 1 N–H and O–H groups in total. The number of halogens is 3. The van der Waals surface area contributed by atoms with Gasteiger partial charge in [0.25, 0.3) is 0 Å². The monoisotopic (exact) mass is 540 g/mol. The van der Waals surface area contributed by atoms with Crippen LogP contribution in [0.1, 0.15) is 18.1 Å². The van der Waals surface area contributed by atoms with Crippen LogP contribution in [0.15, 0.2) is 72.8 Å². The molecule has 11 heteroatoms. The second kappa shape index (κ2) is 12.4. The van der Waals surface area contributed by atoms with Crippen LogP contribution in [-0.4, -0.2) is 47.6 Å². The summed E-state index contributed by atoms with van der Waals surface area (Å²) in [5, 5.41) is 7.19. The summed E-state index contributed by atoms with van der Waals surface area (Å²) in [6.45, 7) is 2.86. The van der Waals surface area contributed by atoms with Crippen LogP contribution < -0.4 is 14.8 Å². The van der Waals surface area contributed by atoms with Crippen LogP contribution in [0, 0.1) is 0 Å². The first-order valence-corrected chi connectivity index (χ1v) is 12.1. The summed E-state index contributed by atoms with van der Waals surface area (Å²) in [6, 6.07) is 18.7. The Balaban J connectivity index is 1.55. The Labute approximate surface area is 223 Å². The summed E-state index contributed by atoms with van der Waals surface area (Å²) in [4.78, 5) is 16.8. The van der Waals surface area contributed by atoms with Crippen molar-refractivity contribution in [2.75, 3.05) is 32.2 Å². The number of amides is 1. The van der Waals surface area contributed by atoms with Gasteiger partial charge < -0.3 is 19.5 Å². The molecule has 0 saturated heterocycles. The van der Waals surface area contributed by atoms with E-state index in [0.29, 0.717) is 30.3 Å². The third-order valence-corrected chi connectivity index (χ3v) is 5.62. The number of carbonyl (C=O) groups excluding carboxylic acids is 1. The second-order valence-corrected chi connectivity index (χ2v) is 8.37. The maximum Gasteiger partial charge on any atom is 0.416 e. The molecule has 0 aliphatic carbocycles. The molecule has 39 heavy (non-hydrogen) atoms. The minimum Gasteiger partial charge on any atom is -0.497 e.